The first kappa shape index (κ1) is 22.1. The second-order valence-electron chi connectivity index (χ2n) is 6.82. The average Bonchev–Trinajstić information content (AvgIpc) is 3.16. The number of alkyl halides is 3. The molecule has 2 aromatic rings. The van der Waals surface area contributed by atoms with Gasteiger partial charge in [0, 0.05) is 6.54 Å². The van der Waals surface area contributed by atoms with Gasteiger partial charge >= 0.3 is 6.36 Å². The fraction of sp³-hybridized carbons (Fsp3) is 0.474. The second kappa shape index (κ2) is 9.96. The van der Waals surface area contributed by atoms with Crippen LogP contribution in [0.25, 0.3) is 5.69 Å². The van der Waals surface area contributed by atoms with Crippen molar-refractivity contribution in [3.05, 3.63) is 35.9 Å². The highest BCUT2D eigenvalue weighted by Crippen LogP contribution is 2.26. The molecule has 1 heterocycles. The molecule has 1 aromatic carbocycles. The molecule has 1 atom stereocenters. The molecule has 1 amide bonds. The van der Waals surface area contributed by atoms with Gasteiger partial charge in [0.2, 0.25) is 11.1 Å². The first-order chi connectivity index (χ1) is 14.3. The molecule has 1 aliphatic carbocycles. The minimum Gasteiger partial charge on any atom is -0.406 e. The van der Waals surface area contributed by atoms with Gasteiger partial charge in [-0.1, -0.05) is 23.4 Å². The molecule has 0 spiro atoms. The van der Waals surface area contributed by atoms with Crippen molar-refractivity contribution in [2.75, 3.05) is 6.54 Å². The molecule has 1 aromatic heterocycles. The lowest BCUT2D eigenvalue weighted by Crippen LogP contribution is -2.32. The van der Waals surface area contributed by atoms with Gasteiger partial charge < -0.3 is 10.1 Å². The highest BCUT2D eigenvalue weighted by atomic mass is 32.2. The molecule has 0 radical (unpaired) electrons. The van der Waals surface area contributed by atoms with Crippen LogP contribution in [0.3, 0.4) is 0 Å². The van der Waals surface area contributed by atoms with Crippen molar-refractivity contribution in [1.29, 1.82) is 0 Å². The lowest BCUT2D eigenvalue weighted by Gasteiger charge is -2.15. The van der Waals surface area contributed by atoms with Crippen molar-refractivity contribution in [2.45, 2.75) is 55.8 Å². The Balaban J connectivity index is 1.55. The Kier molecular flexibility index (Phi) is 7.35. The predicted molar refractivity (Wildman–Crippen MR) is 105 cm³/mol. The number of thioether (sulfide) groups is 1. The molecule has 1 N–H and O–H groups in total. The first-order valence-corrected chi connectivity index (χ1v) is 10.5. The van der Waals surface area contributed by atoms with E-state index in [9.17, 15) is 18.0 Å². The Morgan fingerprint density at radius 1 is 1.30 bits per heavy atom. The van der Waals surface area contributed by atoms with E-state index in [1.807, 2.05) is 0 Å². The van der Waals surface area contributed by atoms with Gasteiger partial charge in [0.05, 0.1) is 10.9 Å². The maximum atomic E-state index is 12.4. The minimum absolute atomic E-state index is 0.125. The van der Waals surface area contributed by atoms with E-state index in [2.05, 4.69) is 31.7 Å². The van der Waals surface area contributed by atoms with Crippen LogP contribution in [0.1, 0.15) is 39.0 Å². The van der Waals surface area contributed by atoms with Gasteiger partial charge in [-0.25, -0.2) is 0 Å². The van der Waals surface area contributed by atoms with E-state index in [0.29, 0.717) is 17.4 Å². The second-order valence-corrected chi connectivity index (χ2v) is 8.13. The zero-order valence-electron chi connectivity index (χ0n) is 16.4. The summed E-state index contributed by atoms with van der Waals surface area (Å²) in [6.45, 7) is 2.33. The van der Waals surface area contributed by atoms with Crippen molar-refractivity contribution in [1.82, 2.24) is 25.5 Å². The summed E-state index contributed by atoms with van der Waals surface area (Å²) in [5, 5.41) is 14.2. The Morgan fingerprint density at radius 3 is 2.73 bits per heavy atom. The maximum Gasteiger partial charge on any atom is 0.573 e. The molecule has 0 fully saturated rings. The number of aromatic nitrogens is 4. The number of amides is 1. The number of carbonyl (C=O) groups excluding carboxylic acids is 1. The molecule has 162 valence electrons. The van der Waals surface area contributed by atoms with Crippen LogP contribution >= 0.6 is 11.8 Å². The van der Waals surface area contributed by atoms with Gasteiger partial charge in [0.25, 0.3) is 0 Å². The Morgan fingerprint density at radius 2 is 2.07 bits per heavy atom. The van der Waals surface area contributed by atoms with Crippen LogP contribution < -0.4 is 10.1 Å². The molecule has 1 aliphatic rings. The molecule has 7 nitrogen and oxygen atoms in total. The van der Waals surface area contributed by atoms with Crippen molar-refractivity contribution in [2.24, 2.45) is 0 Å². The van der Waals surface area contributed by atoms with Gasteiger partial charge in [0.1, 0.15) is 5.75 Å². The third-order valence-electron chi connectivity index (χ3n) is 4.54. The number of halogens is 3. The SMILES string of the molecule is C[C@@H](Sc1nnnn1-c1ccc(OC(F)(F)F)cc1)C(=O)NCCC1=CCCCC1. The Labute approximate surface area is 176 Å². The smallest absolute Gasteiger partial charge is 0.406 e. The van der Waals surface area contributed by atoms with Crippen LogP contribution in [0, 0.1) is 0 Å². The summed E-state index contributed by atoms with van der Waals surface area (Å²) < 4.78 is 42.1. The summed E-state index contributed by atoms with van der Waals surface area (Å²) >= 11 is 1.17. The quantitative estimate of drug-likeness (QED) is 0.492. The number of carbonyl (C=O) groups is 1. The largest absolute Gasteiger partial charge is 0.573 e. The van der Waals surface area contributed by atoms with Gasteiger partial charge in [-0.05, 0) is 73.7 Å². The van der Waals surface area contributed by atoms with E-state index in [-0.39, 0.29) is 11.7 Å². The summed E-state index contributed by atoms with van der Waals surface area (Å²) in [5.41, 5.74) is 1.85. The van der Waals surface area contributed by atoms with Crippen molar-refractivity contribution < 1.29 is 22.7 Å². The lowest BCUT2D eigenvalue weighted by atomic mass is 9.97. The predicted octanol–water partition coefficient (Wildman–Crippen LogP) is 4.05. The van der Waals surface area contributed by atoms with Gasteiger partial charge in [-0.2, -0.15) is 4.68 Å². The normalized spacial score (nSPS) is 15.4. The first-order valence-electron chi connectivity index (χ1n) is 9.58. The zero-order valence-corrected chi connectivity index (χ0v) is 17.2. The summed E-state index contributed by atoms with van der Waals surface area (Å²) in [7, 11) is 0. The number of benzene rings is 1. The molecule has 0 aliphatic heterocycles. The van der Waals surface area contributed by atoms with Crippen LogP contribution in [0.15, 0.2) is 41.1 Å². The van der Waals surface area contributed by atoms with Crippen LogP contribution in [0.5, 0.6) is 5.75 Å². The molecule has 0 saturated heterocycles. The molecular formula is C19H22F3N5O2S. The summed E-state index contributed by atoms with van der Waals surface area (Å²) in [5.74, 6) is -0.464. The van der Waals surface area contributed by atoms with E-state index < -0.39 is 11.6 Å². The number of allylic oxidation sites excluding steroid dienone is 1. The number of tetrazole rings is 1. The number of rotatable bonds is 8. The topological polar surface area (TPSA) is 81.9 Å². The fourth-order valence-corrected chi connectivity index (χ4v) is 3.87. The molecule has 11 heteroatoms. The van der Waals surface area contributed by atoms with Crippen LogP contribution in [-0.4, -0.2) is 44.3 Å². The van der Waals surface area contributed by atoms with Crippen molar-refractivity contribution in [3.8, 4) is 11.4 Å². The lowest BCUT2D eigenvalue weighted by molar-refractivity contribution is -0.274. The van der Waals surface area contributed by atoms with E-state index in [1.54, 1.807) is 6.92 Å². The van der Waals surface area contributed by atoms with Gasteiger partial charge in [-0.15, -0.1) is 18.3 Å². The highest BCUT2D eigenvalue weighted by Gasteiger charge is 2.31. The molecular weight excluding hydrogens is 419 g/mol. The number of ether oxygens (including phenoxy) is 1. The van der Waals surface area contributed by atoms with Crippen LogP contribution in [0.4, 0.5) is 13.2 Å². The van der Waals surface area contributed by atoms with Crippen LogP contribution in [-0.2, 0) is 4.79 Å². The summed E-state index contributed by atoms with van der Waals surface area (Å²) in [4.78, 5) is 12.4. The summed E-state index contributed by atoms with van der Waals surface area (Å²) in [6, 6.07) is 5.17. The van der Waals surface area contributed by atoms with Gasteiger partial charge in [-0.3, -0.25) is 4.79 Å². The van der Waals surface area contributed by atoms with E-state index in [0.717, 1.165) is 19.3 Å². The Hall–Kier alpha value is -2.56. The molecule has 0 saturated carbocycles. The molecule has 0 bridgehead atoms. The average molecular weight is 441 g/mol. The monoisotopic (exact) mass is 441 g/mol. The van der Waals surface area contributed by atoms with Crippen molar-refractivity contribution >= 4 is 17.7 Å². The number of hydrogen-bond acceptors (Lipinski definition) is 6. The third kappa shape index (κ3) is 6.48. The molecule has 3 rings (SSSR count). The number of hydrogen-bond donors (Lipinski definition) is 1. The minimum atomic E-state index is -4.76. The van der Waals surface area contributed by atoms with Crippen molar-refractivity contribution in [3.63, 3.8) is 0 Å². The van der Waals surface area contributed by atoms with E-state index >= 15 is 0 Å². The zero-order chi connectivity index (χ0) is 21.6. The fourth-order valence-electron chi connectivity index (χ4n) is 3.04. The maximum absolute atomic E-state index is 12.4. The summed E-state index contributed by atoms with van der Waals surface area (Å²) in [6.07, 6.45) is 3.01. The molecule has 30 heavy (non-hydrogen) atoms. The molecule has 0 unspecified atom stereocenters. The number of nitrogens with zero attached hydrogens (tertiary/aromatic N) is 4. The van der Waals surface area contributed by atoms with Gasteiger partial charge in [0.15, 0.2) is 0 Å². The van der Waals surface area contributed by atoms with E-state index in [4.69, 9.17) is 0 Å². The number of nitrogens with one attached hydrogen (secondary N) is 1. The van der Waals surface area contributed by atoms with E-state index in [1.165, 1.54) is 59.1 Å². The standard InChI is InChI=1S/C19H22F3N5O2S/c1-13(17(28)23-12-11-14-5-3-2-4-6-14)30-18-24-25-26-27(18)15-7-9-16(10-8-15)29-19(20,21)22/h5,7-10,13H,2-4,6,11-12H2,1H3,(H,23,28)/t13-/m1/s1. The Bertz CT molecular complexity index is 883. The third-order valence-corrected chi connectivity index (χ3v) is 5.57. The highest BCUT2D eigenvalue weighted by molar-refractivity contribution is 8.00. The van der Waals surface area contributed by atoms with Crippen LogP contribution in [0.2, 0.25) is 0 Å².